The van der Waals surface area contributed by atoms with Crippen LogP contribution in [0.15, 0.2) is 67.0 Å². The molecule has 0 atom stereocenters. The molecule has 4 aromatic rings. The highest BCUT2D eigenvalue weighted by Gasteiger charge is 2.24. The molecule has 3 heteroatoms. The van der Waals surface area contributed by atoms with Crippen LogP contribution in [0.4, 0.5) is 0 Å². The predicted octanol–water partition coefficient (Wildman–Crippen LogP) is 2.70. The molecule has 0 bridgehead atoms. The molecule has 22 heavy (non-hydrogen) atoms. The molecular weight excluding hydrogens is 270 g/mol. The van der Waals surface area contributed by atoms with Gasteiger partial charge in [0.15, 0.2) is 13.2 Å². The quantitative estimate of drug-likeness (QED) is 0.389. The van der Waals surface area contributed by atoms with Gasteiger partial charge in [-0.15, -0.1) is 0 Å². The smallest absolute Gasteiger partial charge is 0.196 e. The van der Waals surface area contributed by atoms with Crippen LogP contribution in [-0.2, 0) is 14.1 Å². The SMILES string of the molecule is C[n+]1ccccc1-c1c2cc3ccccc3cc2cn[n+]1C. The Hall–Kier alpha value is -2.81. The van der Waals surface area contributed by atoms with Crippen LogP contribution in [0.3, 0.4) is 0 Å². The van der Waals surface area contributed by atoms with Crippen molar-refractivity contribution in [3.63, 3.8) is 0 Å². The van der Waals surface area contributed by atoms with Gasteiger partial charge < -0.3 is 0 Å². The third kappa shape index (κ3) is 1.94. The lowest BCUT2D eigenvalue weighted by Gasteiger charge is -2.04. The molecule has 2 aromatic heterocycles. The molecule has 4 rings (SSSR count). The fourth-order valence-corrected chi connectivity index (χ4v) is 3.02. The van der Waals surface area contributed by atoms with Gasteiger partial charge >= 0.3 is 5.69 Å². The first-order chi connectivity index (χ1) is 10.7. The summed E-state index contributed by atoms with van der Waals surface area (Å²) in [7, 11) is 4.06. The minimum absolute atomic E-state index is 1.13. The minimum Gasteiger partial charge on any atom is -0.196 e. The van der Waals surface area contributed by atoms with Crippen molar-refractivity contribution in [3.05, 3.63) is 67.0 Å². The third-order valence-corrected chi connectivity index (χ3v) is 4.16. The third-order valence-electron chi connectivity index (χ3n) is 4.16. The van der Waals surface area contributed by atoms with E-state index in [0.717, 1.165) is 16.8 Å². The van der Waals surface area contributed by atoms with Crippen molar-refractivity contribution in [1.82, 2.24) is 5.10 Å². The van der Waals surface area contributed by atoms with E-state index in [9.17, 15) is 0 Å². The summed E-state index contributed by atoms with van der Waals surface area (Å²) in [6.07, 6.45) is 4.00. The summed E-state index contributed by atoms with van der Waals surface area (Å²) in [4.78, 5) is 0. The van der Waals surface area contributed by atoms with Crippen molar-refractivity contribution >= 4 is 21.5 Å². The molecule has 0 saturated heterocycles. The zero-order valence-electron chi connectivity index (χ0n) is 12.7. The van der Waals surface area contributed by atoms with Crippen LogP contribution in [-0.4, -0.2) is 5.10 Å². The lowest BCUT2D eigenvalue weighted by atomic mass is 10.0. The van der Waals surface area contributed by atoms with Crippen LogP contribution >= 0.6 is 0 Å². The predicted molar refractivity (Wildman–Crippen MR) is 87.0 cm³/mol. The molecule has 0 aliphatic heterocycles. The van der Waals surface area contributed by atoms with Gasteiger partial charge in [0.1, 0.15) is 13.2 Å². The van der Waals surface area contributed by atoms with Gasteiger partial charge in [-0.1, -0.05) is 28.9 Å². The Kier molecular flexibility index (Phi) is 2.86. The number of benzene rings is 2. The van der Waals surface area contributed by atoms with Crippen LogP contribution in [0, 0.1) is 0 Å². The molecule has 2 heterocycles. The number of aromatic nitrogens is 3. The fraction of sp³-hybridized carbons (Fsp3) is 0.105. The lowest BCUT2D eigenvalue weighted by molar-refractivity contribution is -0.730. The second-order valence-corrected chi connectivity index (χ2v) is 5.60. The molecule has 0 unspecified atom stereocenters. The van der Waals surface area contributed by atoms with Crippen molar-refractivity contribution < 1.29 is 9.25 Å². The first kappa shape index (κ1) is 12.9. The van der Waals surface area contributed by atoms with Crippen molar-refractivity contribution in [2.45, 2.75) is 0 Å². The van der Waals surface area contributed by atoms with Gasteiger partial charge in [0.05, 0.1) is 5.39 Å². The molecule has 0 N–H and O–H groups in total. The first-order valence-corrected chi connectivity index (χ1v) is 7.37. The number of aryl methyl sites for hydroxylation is 2. The summed E-state index contributed by atoms with van der Waals surface area (Å²) < 4.78 is 4.08. The number of fused-ring (bicyclic) bond motifs is 2. The van der Waals surface area contributed by atoms with E-state index in [0.29, 0.717) is 0 Å². The average molecular weight is 287 g/mol. The van der Waals surface area contributed by atoms with Gasteiger partial charge in [-0.2, -0.15) is 4.57 Å². The fourth-order valence-electron chi connectivity index (χ4n) is 3.02. The van der Waals surface area contributed by atoms with E-state index in [1.54, 1.807) is 0 Å². The van der Waals surface area contributed by atoms with E-state index < -0.39 is 0 Å². The van der Waals surface area contributed by atoms with E-state index in [2.05, 4.69) is 71.4 Å². The molecule has 0 aliphatic rings. The standard InChI is InChI=1S/C19H17N3/c1-21-10-6-5-9-18(21)19-17-12-15-8-4-3-7-14(15)11-16(17)13-20-22(19)2/h3-13H,1-2H3/q+2. The Bertz CT molecular complexity index is 1010. The molecular formula is C19H17N3+2. The average Bonchev–Trinajstić information content (AvgIpc) is 2.54. The van der Waals surface area contributed by atoms with Crippen LogP contribution in [0.5, 0.6) is 0 Å². The summed E-state index contributed by atoms with van der Waals surface area (Å²) in [5.41, 5.74) is 2.28. The topological polar surface area (TPSA) is 20.6 Å². The summed E-state index contributed by atoms with van der Waals surface area (Å²) in [5, 5.41) is 9.41. The normalized spacial score (nSPS) is 11.2. The van der Waals surface area contributed by atoms with E-state index in [4.69, 9.17) is 0 Å². The van der Waals surface area contributed by atoms with Crippen molar-refractivity contribution in [2.24, 2.45) is 14.1 Å². The summed E-state index contributed by atoms with van der Waals surface area (Å²) in [6.45, 7) is 0. The van der Waals surface area contributed by atoms with E-state index in [1.807, 2.05) is 24.0 Å². The maximum Gasteiger partial charge on any atom is 0.310 e. The first-order valence-electron chi connectivity index (χ1n) is 7.37. The molecule has 0 amide bonds. The van der Waals surface area contributed by atoms with Gasteiger partial charge in [0.2, 0.25) is 0 Å². The molecule has 3 nitrogen and oxygen atoms in total. The highest BCUT2D eigenvalue weighted by molar-refractivity contribution is 6.01. The number of nitrogens with zero attached hydrogens (tertiary/aromatic N) is 3. The molecule has 106 valence electrons. The summed E-state index contributed by atoms with van der Waals surface area (Å²) in [5.74, 6) is 0. The molecule has 2 aromatic carbocycles. The van der Waals surface area contributed by atoms with Gasteiger partial charge in [-0.25, -0.2) is 0 Å². The monoisotopic (exact) mass is 287 g/mol. The number of pyridine rings is 1. The number of rotatable bonds is 1. The Labute approximate surface area is 129 Å². The second kappa shape index (κ2) is 4.88. The van der Waals surface area contributed by atoms with Crippen molar-refractivity contribution in [3.8, 4) is 11.4 Å². The maximum absolute atomic E-state index is 4.53. The molecule has 0 spiro atoms. The largest absolute Gasteiger partial charge is 0.310 e. The van der Waals surface area contributed by atoms with Gasteiger partial charge in [-0.05, 0) is 34.1 Å². The highest BCUT2D eigenvalue weighted by Crippen LogP contribution is 2.27. The molecule has 0 aliphatic carbocycles. The van der Waals surface area contributed by atoms with Crippen LogP contribution in [0.1, 0.15) is 0 Å². The van der Waals surface area contributed by atoms with Crippen molar-refractivity contribution in [2.75, 3.05) is 0 Å². The van der Waals surface area contributed by atoms with E-state index in [-0.39, 0.29) is 0 Å². The lowest BCUT2D eigenvalue weighted by Crippen LogP contribution is -2.40. The Morgan fingerprint density at radius 2 is 1.55 bits per heavy atom. The second-order valence-electron chi connectivity index (χ2n) is 5.60. The number of hydrogen-bond acceptors (Lipinski definition) is 1. The Morgan fingerprint density at radius 1 is 0.818 bits per heavy atom. The Morgan fingerprint density at radius 3 is 2.32 bits per heavy atom. The van der Waals surface area contributed by atoms with Gasteiger partial charge in [0, 0.05) is 17.5 Å². The minimum atomic E-state index is 1.13. The van der Waals surface area contributed by atoms with Crippen molar-refractivity contribution in [1.29, 1.82) is 0 Å². The van der Waals surface area contributed by atoms with Gasteiger partial charge in [0.25, 0.3) is 5.69 Å². The Balaban J connectivity index is 2.15. The maximum atomic E-state index is 4.53. The van der Waals surface area contributed by atoms with Gasteiger partial charge in [-0.3, -0.25) is 0 Å². The van der Waals surface area contributed by atoms with E-state index >= 15 is 0 Å². The summed E-state index contributed by atoms with van der Waals surface area (Å²) >= 11 is 0. The summed E-state index contributed by atoms with van der Waals surface area (Å²) in [6, 6.07) is 19.2. The van der Waals surface area contributed by atoms with E-state index in [1.165, 1.54) is 16.2 Å². The van der Waals surface area contributed by atoms with Crippen LogP contribution in [0.2, 0.25) is 0 Å². The zero-order valence-corrected chi connectivity index (χ0v) is 12.7. The highest BCUT2D eigenvalue weighted by atomic mass is 15.2. The van der Waals surface area contributed by atoms with Crippen LogP contribution < -0.4 is 9.25 Å². The molecule has 0 fully saturated rings. The molecule has 0 saturated carbocycles. The van der Waals surface area contributed by atoms with Crippen LogP contribution in [0.25, 0.3) is 32.9 Å². The number of hydrogen-bond donors (Lipinski definition) is 0. The molecule has 0 radical (unpaired) electrons. The zero-order chi connectivity index (χ0) is 15.1.